The number of carbonyl (C=O) groups excluding carboxylic acids is 1. The van der Waals surface area contributed by atoms with Crippen molar-refractivity contribution in [3.8, 4) is 0 Å². The van der Waals surface area contributed by atoms with Gasteiger partial charge in [0.05, 0.1) is 12.5 Å². The predicted octanol–water partition coefficient (Wildman–Crippen LogP) is 4.28. The second kappa shape index (κ2) is 7.80. The lowest BCUT2D eigenvalue weighted by atomic mass is 9.75. The summed E-state index contributed by atoms with van der Waals surface area (Å²) in [7, 11) is 0. The lowest BCUT2D eigenvalue weighted by Gasteiger charge is -2.43. The van der Waals surface area contributed by atoms with Crippen LogP contribution in [-0.4, -0.2) is 29.9 Å². The van der Waals surface area contributed by atoms with Crippen molar-refractivity contribution >= 4 is 17.5 Å². The van der Waals surface area contributed by atoms with Crippen molar-refractivity contribution in [2.24, 2.45) is 5.92 Å². The first-order valence-electron chi connectivity index (χ1n) is 10.5. The van der Waals surface area contributed by atoms with E-state index >= 15 is 0 Å². The van der Waals surface area contributed by atoms with Crippen LogP contribution in [0.1, 0.15) is 36.0 Å². The molecule has 2 aliphatic heterocycles. The van der Waals surface area contributed by atoms with E-state index in [0.29, 0.717) is 36.2 Å². The smallest absolute Gasteiger partial charge is 0.230 e. The van der Waals surface area contributed by atoms with Crippen LogP contribution in [0.2, 0.25) is 5.02 Å². The summed E-state index contributed by atoms with van der Waals surface area (Å²) in [5, 5.41) is 3.52. The van der Waals surface area contributed by atoms with Crippen molar-refractivity contribution in [3.05, 3.63) is 69.5 Å². The molecule has 1 saturated heterocycles. The molecule has 0 aromatic heterocycles. The van der Waals surface area contributed by atoms with E-state index in [1.165, 1.54) is 24.3 Å². The minimum absolute atomic E-state index is 0.0819. The van der Waals surface area contributed by atoms with Gasteiger partial charge in [-0.3, -0.25) is 4.79 Å². The number of rotatable bonds is 4. The van der Waals surface area contributed by atoms with Gasteiger partial charge in [-0.05, 0) is 66.8 Å². The number of hydrogen-bond acceptors (Lipinski definition) is 3. The Labute approximate surface area is 183 Å². The summed E-state index contributed by atoms with van der Waals surface area (Å²) < 4.78 is 47.5. The van der Waals surface area contributed by atoms with Crippen LogP contribution in [0.3, 0.4) is 0 Å². The van der Waals surface area contributed by atoms with E-state index in [1.54, 1.807) is 11.0 Å². The summed E-state index contributed by atoms with van der Waals surface area (Å²) >= 11 is 6.22. The van der Waals surface area contributed by atoms with E-state index in [1.807, 2.05) is 0 Å². The van der Waals surface area contributed by atoms with Crippen molar-refractivity contribution in [1.29, 1.82) is 0 Å². The summed E-state index contributed by atoms with van der Waals surface area (Å²) in [6, 6.07) is 6.59. The molecule has 5 rings (SSSR count). The van der Waals surface area contributed by atoms with Crippen molar-refractivity contribution < 1.29 is 22.7 Å². The number of ether oxygens (including phenoxy) is 1. The number of piperidine rings is 1. The maximum atomic E-state index is 14.1. The molecule has 3 aliphatic rings. The molecule has 0 radical (unpaired) electrons. The Bertz CT molecular complexity index is 1050. The van der Waals surface area contributed by atoms with Crippen molar-refractivity contribution in [2.45, 2.75) is 44.1 Å². The molecular weight excluding hydrogens is 429 g/mol. The average molecular weight is 451 g/mol. The first-order chi connectivity index (χ1) is 14.9. The van der Waals surface area contributed by atoms with E-state index in [9.17, 15) is 18.0 Å². The molecule has 2 aromatic carbocycles. The monoisotopic (exact) mass is 450 g/mol. The zero-order valence-electron chi connectivity index (χ0n) is 16.8. The molecule has 2 atom stereocenters. The Kier molecular flexibility index (Phi) is 5.23. The number of nitrogens with zero attached hydrogens (tertiary/aromatic N) is 1. The van der Waals surface area contributed by atoms with Gasteiger partial charge in [-0.15, -0.1) is 0 Å². The molecule has 1 amide bonds. The highest BCUT2D eigenvalue weighted by Crippen LogP contribution is 2.48. The molecule has 0 unspecified atom stereocenters. The Morgan fingerprint density at radius 3 is 2.71 bits per heavy atom. The van der Waals surface area contributed by atoms with E-state index in [4.69, 9.17) is 16.3 Å². The number of hydrogen-bond donors (Lipinski definition) is 1. The summed E-state index contributed by atoms with van der Waals surface area (Å²) in [6.07, 6.45) is 2.25. The molecule has 8 heteroatoms. The van der Waals surface area contributed by atoms with Gasteiger partial charge in [0.15, 0.2) is 11.6 Å². The topological polar surface area (TPSA) is 41.6 Å². The molecule has 1 aliphatic carbocycles. The van der Waals surface area contributed by atoms with Crippen LogP contribution in [0.5, 0.6) is 0 Å². The minimum Gasteiger partial charge on any atom is -0.365 e. The average Bonchev–Trinajstić information content (AvgIpc) is 3.53. The van der Waals surface area contributed by atoms with Gasteiger partial charge in [-0.2, -0.15) is 0 Å². The fraction of sp³-hybridized carbons (Fsp3) is 0.435. The Hall–Kier alpha value is -2.09. The summed E-state index contributed by atoms with van der Waals surface area (Å²) in [4.78, 5) is 15.6. The predicted molar refractivity (Wildman–Crippen MR) is 109 cm³/mol. The highest BCUT2D eigenvalue weighted by molar-refractivity contribution is 6.31. The van der Waals surface area contributed by atoms with Crippen molar-refractivity contribution in [1.82, 2.24) is 10.2 Å². The second-order valence-electron chi connectivity index (χ2n) is 8.54. The highest BCUT2D eigenvalue weighted by Gasteiger charge is 2.53. The molecule has 31 heavy (non-hydrogen) atoms. The van der Waals surface area contributed by atoms with Gasteiger partial charge >= 0.3 is 0 Å². The molecule has 1 spiro atoms. The number of fused-ring (bicyclic) bond motifs is 2. The molecule has 1 N–H and O–H groups in total. The van der Waals surface area contributed by atoms with Crippen LogP contribution in [-0.2, 0) is 28.3 Å². The normalized spacial score (nSPS) is 25.0. The van der Waals surface area contributed by atoms with Crippen LogP contribution in [0.15, 0.2) is 30.3 Å². The number of benzene rings is 2. The molecule has 4 nitrogen and oxygen atoms in total. The molecule has 2 heterocycles. The van der Waals surface area contributed by atoms with Crippen molar-refractivity contribution in [3.63, 3.8) is 0 Å². The molecule has 164 valence electrons. The van der Waals surface area contributed by atoms with Crippen LogP contribution in [0.25, 0.3) is 0 Å². The van der Waals surface area contributed by atoms with Gasteiger partial charge < -0.3 is 15.0 Å². The lowest BCUT2D eigenvalue weighted by molar-refractivity contribution is -0.157. The van der Waals surface area contributed by atoms with E-state index in [2.05, 4.69) is 5.32 Å². The maximum Gasteiger partial charge on any atom is 0.230 e. The fourth-order valence-corrected chi connectivity index (χ4v) is 5.06. The quantitative estimate of drug-likeness (QED) is 0.756. The number of halogens is 4. The molecule has 2 aromatic rings. The number of amides is 1. The lowest BCUT2D eigenvalue weighted by Crippen LogP contribution is -2.55. The van der Waals surface area contributed by atoms with Crippen molar-refractivity contribution in [2.75, 3.05) is 13.1 Å². The highest BCUT2D eigenvalue weighted by atomic mass is 35.5. The maximum absolute atomic E-state index is 14.1. The minimum atomic E-state index is -0.994. The number of carbonyl (C=O) groups is 1. The largest absolute Gasteiger partial charge is 0.365 e. The molecule has 2 fully saturated rings. The van der Waals surface area contributed by atoms with Gasteiger partial charge in [-0.25, -0.2) is 13.2 Å². The summed E-state index contributed by atoms with van der Waals surface area (Å²) in [6.45, 7) is 1.39. The third-order valence-electron chi connectivity index (χ3n) is 6.60. The third-order valence-corrected chi connectivity index (χ3v) is 6.95. The van der Waals surface area contributed by atoms with E-state index in [0.717, 1.165) is 12.8 Å². The Morgan fingerprint density at radius 1 is 1.19 bits per heavy atom. The van der Waals surface area contributed by atoms with Crippen LogP contribution >= 0.6 is 11.6 Å². The van der Waals surface area contributed by atoms with Gasteiger partial charge in [0, 0.05) is 24.2 Å². The second-order valence-corrected chi connectivity index (χ2v) is 8.95. The molecular formula is C23H22ClF3N2O2. The summed E-state index contributed by atoms with van der Waals surface area (Å²) in [5.41, 5.74) is 0.813. The van der Waals surface area contributed by atoms with Crippen LogP contribution in [0.4, 0.5) is 13.2 Å². The summed E-state index contributed by atoms with van der Waals surface area (Å²) in [5.74, 6) is -2.99. The van der Waals surface area contributed by atoms with Crippen LogP contribution < -0.4 is 5.32 Å². The third kappa shape index (κ3) is 3.62. The SMILES string of the molecule is O=C([C@H]1CNCC[C@@]12OCc1cc(F)c(F)cc12)N(Cc1ccc(F)cc1Cl)C1CC1. The van der Waals surface area contributed by atoms with Crippen LogP contribution in [0, 0.1) is 23.4 Å². The van der Waals surface area contributed by atoms with E-state index in [-0.39, 0.29) is 30.1 Å². The van der Waals surface area contributed by atoms with Gasteiger partial charge in [0.25, 0.3) is 0 Å². The zero-order chi connectivity index (χ0) is 21.8. The first kappa shape index (κ1) is 20.8. The molecule has 0 bridgehead atoms. The van der Waals surface area contributed by atoms with Gasteiger partial charge in [-0.1, -0.05) is 17.7 Å². The van der Waals surface area contributed by atoms with Gasteiger partial charge in [0.1, 0.15) is 11.4 Å². The fourth-order valence-electron chi connectivity index (χ4n) is 4.83. The van der Waals surface area contributed by atoms with Gasteiger partial charge in [0.2, 0.25) is 5.91 Å². The Morgan fingerprint density at radius 2 is 1.97 bits per heavy atom. The molecule has 1 saturated carbocycles. The standard InChI is InChI=1S/C23H22ClF3N2O2/c24-19-8-15(25)2-1-13(19)11-29(16-3-4-16)22(30)18-10-28-6-5-23(18)17-9-21(27)20(26)7-14(17)12-31-23/h1-2,7-9,16,18,28H,3-6,10-12H2/t18-,23+/m1/s1. The van der Waals surface area contributed by atoms with E-state index < -0.39 is 29.0 Å². The zero-order valence-corrected chi connectivity index (χ0v) is 17.5. The Balaban J connectivity index is 1.49. The first-order valence-corrected chi connectivity index (χ1v) is 10.8. The number of nitrogens with one attached hydrogen (secondary N) is 1.